The maximum absolute atomic E-state index is 11.8. The molecule has 1 aromatic rings. The first kappa shape index (κ1) is 19.8. The molecule has 1 amide bonds. The van der Waals surface area contributed by atoms with Crippen molar-refractivity contribution in [2.45, 2.75) is 65.2 Å². The van der Waals surface area contributed by atoms with Crippen molar-refractivity contribution in [3.05, 3.63) is 24.3 Å². The van der Waals surface area contributed by atoms with E-state index in [1.807, 2.05) is 65.8 Å². The van der Waals surface area contributed by atoms with Crippen molar-refractivity contribution in [1.82, 2.24) is 5.32 Å². The molecule has 1 aliphatic heterocycles. The molecule has 0 spiro atoms. The summed E-state index contributed by atoms with van der Waals surface area (Å²) in [4.78, 5) is 11.8. The lowest BCUT2D eigenvalue weighted by Crippen LogP contribution is -2.61. The van der Waals surface area contributed by atoms with E-state index in [4.69, 9.17) is 14.1 Å². The number of carbonyl (C=O) groups is 1. The van der Waals surface area contributed by atoms with Crippen molar-refractivity contribution in [1.29, 1.82) is 0 Å². The second kappa shape index (κ2) is 7.79. The van der Waals surface area contributed by atoms with Crippen LogP contribution in [0.4, 0.5) is 0 Å². The molecule has 1 N–H and O–H groups in total. The smallest absolute Gasteiger partial charge is 0.354 e. The van der Waals surface area contributed by atoms with Crippen LogP contribution in [0, 0.1) is 0 Å². The van der Waals surface area contributed by atoms with Gasteiger partial charge >= 0.3 is 6.92 Å². The monoisotopic (exact) mass is 347 g/mol. The highest BCUT2D eigenvalue weighted by molar-refractivity contribution is 6.67. The van der Waals surface area contributed by atoms with Crippen LogP contribution in [0.3, 0.4) is 0 Å². The lowest BCUT2D eigenvalue weighted by molar-refractivity contribution is -0.152. The van der Waals surface area contributed by atoms with Crippen LogP contribution in [0.5, 0.6) is 5.75 Å². The highest BCUT2D eigenvalue weighted by Gasteiger charge is 2.46. The third kappa shape index (κ3) is 4.99. The Labute approximate surface area is 151 Å². The summed E-state index contributed by atoms with van der Waals surface area (Å²) in [6.07, 6.45) is 0.895. The molecule has 0 aromatic heterocycles. The molecule has 1 aromatic carbocycles. The summed E-state index contributed by atoms with van der Waals surface area (Å²) in [5.74, 6) is 0.544. The van der Waals surface area contributed by atoms with Crippen LogP contribution in [-0.2, 0) is 14.2 Å². The summed E-state index contributed by atoms with van der Waals surface area (Å²) >= 11 is 0. The molecule has 0 saturated carbocycles. The lowest BCUT2D eigenvalue weighted by Gasteiger charge is -2.47. The van der Waals surface area contributed by atoms with Gasteiger partial charge in [0.15, 0.2) is 6.61 Å². The van der Waals surface area contributed by atoms with Crippen LogP contribution in [0.1, 0.15) is 48.0 Å². The second-order valence-electron chi connectivity index (χ2n) is 7.68. The van der Waals surface area contributed by atoms with Crippen LogP contribution in [0.2, 0.25) is 0 Å². The highest BCUT2D eigenvalue weighted by atomic mass is 16.6. The first-order valence-corrected chi connectivity index (χ1v) is 8.98. The first-order chi connectivity index (χ1) is 11.6. The Morgan fingerprint density at radius 3 is 2.68 bits per heavy atom. The van der Waals surface area contributed by atoms with E-state index in [1.165, 1.54) is 0 Å². The van der Waals surface area contributed by atoms with Crippen molar-refractivity contribution >= 4 is 18.3 Å². The van der Waals surface area contributed by atoms with Gasteiger partial charge in [-0.3, -0.25) is 4.79 Å². The van der Waals surface area contributed by atoms with Crippen molar-refractivity contribution in [3.63, 3.8) is 0 Å². The standard InChI is InChI=1S/C19H30BNO4/c1-7-14(2)21-17(22)12-23-16-10-8-9-15(11-16)20-13-24-18(3,4)19(5,6)25-20/h8-11,14H,7,12-13H2,1-6H3,(H,21,22). The molecule has 6 heteroatoms. The maximum atomic E-state index is 11.8. The van der Waals surface area contributed by atoms with Crippen LogP contribution in [-0.4, -0.2) is 43.2 Å². The van der Waals surface area contributed by atoms with Crippen LogP contribution in [0.15, 0.2) is 24.3 Å². The number of benzene rings is 1. The van der Waals surface area contributed by atoms with Gasteiger partial charge in [0.1, 0.15) is 5.75 Å². The molecule has 1 heterocycles. The number of carbonyl (C=O) groups excluding carboxylic acids is 1. The van der Waals surface area contributed by atoms with Crippen molar-refractivity contribution < 1.29 is 18.9 Å². The van der Waals surface area contributed by atoms with Gasteiger partial charge in [-0.25, -0.2) is 0 Å². The van der Waals surface area contributed by atoms with Gasteiger partial charge in [0.2, 0.25) is 0 Å². The predicted octanol–water partition coefficient (Wildman–Crippen LogP) is 2.32. The van der Waals surface area contributed by atoms with Gasteiger partial charge in [-0.05, 0) is 58.6 Å². The topological polar surface area (TPSA) is 56.8 Å². The number of rotatable bonds is 6. The van der Waals surface area contributed by atoms with Gasteiger partial charge < -0.3 is 19.4 Å². The van der Waals surface area contributed by atoms with Crippen LogP contribution in [0.25, 0.3) is 0 Å². The van der Waals surface area contributed by atoms with Crippen molar-refractivity contribution in [3.8, 4) is 5.75 Å². The van der Waals surface area contributed by atoms with Crippen LogP contribution >= 0.6 is 0 Å². The molecule has 0 radical (unpaired) electrons. The first-order valence-electron chi connectivity index (χ1n) is 8.98. The van der Waals surface area contributed by atoms with E-state index in [0.717, 1.165) is 11.9 Å². The van der Waals surface area contributed by atoms with Gasteiger partial charge in [-0.2, -0.15) is 0 Å². The Kier molecular flexibility index (Phi) is 6.17. The molecule has 1 fully saturated rings. The highest BCUT2D eigenvalue weighted by Crippen LogP contribution is 2.33. The van der Waals surface area contributed by atoms with E-state index < -0.39 is 5.60 Å². The molecule has 1 atom stereocenters. The molecule has 0 aliphatic carbocycles. The molecule has 138 valence electrons. The summed E-state index contributed by atoms with van der Waals surface area (Å²) < 4.78 is 17.9. The van der Waals surface area contributed by atoms with Crippen molar-refractivity contribution in [2.24, 2.45) is 0 Å². The molecule has 0 bridgehead atoms. The number of ether oxygens (including phenoxy) is 2. The van der Waals surface area contributed by atoms with E-state index in [9.17, 15) is 4.79 Å². The van der Waals surface area contributed by atoms with Gasteiger partial charge in [0.25, 0.3) is 5.91 Å². The number of hydrogen-bond donors (Lipinski definition) is 1. The number of hydrogen-bond acceptors (Lipinski definition) is 4. The predicted molar refractivity (Wildman–Crippen MR) is 100 cm³/mol. The third-order valence-electron chi connectivity index (χ3n) is 5.10. The van der Waals surface area contributed by atoms with Crippen molar-refractivity contribution in [2.75, 3.05) is 13.1 Å². The Morgan fingerprint density at radius 2 is 2.04 bits per heavy atom. The van der Waals surface area contributed by atoms with Gasteiger partial charge in [-0.15, -0.1) is 0 Å². The average Bonchev–Trinajstić information content (AvgIpc) is 2.55. The van der Waals surface area contributed by atoms with Gasteiger partial charge in [-0.1, -0.05) is 19.1 Å². The molecule has 5 nitrogen and oxygen atoms in total. The fourth-order valence-electron chi connectivity index (χ4n) is 2.53. The summed E-state index contributed by atoms with van der Waals surface area (Å²) in [7, 11) is 0. The van der Waals surface area contributed by atoms with Gasteiger partial charge in [0, 0.05) is 6.04 Å². The molecule has 1 saturated heterocycles. The van der Waals surface area contributed by atoms with Crippen LogP contribution < -0.4 is 15.5 Å². The Hall–Kier alpha value is -1.53. The molecular formula is C19H30BNO4. The Bertz CT molecular complexity index is 603. The second-order valence-corrected chi connectivity index (χ2v) is 7.68. The minimum Gasteiger partial charge on any atom is -0.484 e. The van der Waals surface area contributed by atoms with E-state index in [2.05, 4.69) is 5.32 Å². The molecule has 1 unspecified atom stereocenters. The number of amides is 1. The Morgan fingerprint density at radius 1 is 1.32 bits per heavy atom. The average molecular weight is 347 g/mol. The Balaban J connectivity index is 1.99. The SMILES string of the molecule is CCC(C)NC(=O)COc1cccc(B2COC(C)(C)C(C)(C)O2)c1. The fraction of sp³-hybridized carbons (Fsp3) is 0.632. The quantitative estimate of drug-likeness (QED) is 0.803. The molecule has 1 aliphatic rings. The van der Waals surface area contributed by atoms with Gasteiger partial charge in [0.05, 0.1) is 17.7 Å². The zero-order valence-corrected chi connectivity index (χ0v) is 16.2. The summed E-state index contributed by atoms with van der Waals surface area (Å²) in [6.45, 7) is 12.5. The summed E-state index contributed by atoms with van der Waals surface area (Å²) in [6, 6.07) is 7.82. The molecular weight excluding hydrogens is 317 g/mol. The zero-order valence-electron chi connectivity index (χ0n) is 16.2. The zero-order chi connectivity index (χ0) is 18.7. The lowest BCUT2D eigenvalue weighted by atomic mass is 9.59. The molecule has 2 rings (SSSR count). The molecule has 25 heavy (non-hydrogen) atoms. The van der Waals surface area contributed by atoms with E-state index in [-0.39, 0.29) is 31.1 Å². The normalized spacial score (nSPS) is 20.0. The fourth-order valence-corrected chi connectivity index (χ4v) is 2.53. The minimum atomic E-state index is -0.400. The maximum Gasteiger partial charge on any atom is 0.354 e. The third-order valence-corrected chi connectivity index (χ3v) is 5.10. The van der Waals surface area contributed by atoms with E-state index in [1.54, 1.807) is 0 Å². The summed E-state index contributed by atoms with van der Waals surface area (Å²) in [5.41, 5.74) is 0.248. The van der Waals surface area contributed by atoms with E-state index >= 15 is 0 Å². The summed E-state index contributed by atoms with van der Waals surface area (Å²) in [5, 5.41) is 2.89. The largest absolute Gasteiger partial charge is 0.484 e. The minimum absolute atomic E-state index is 0.00828. The number of nitrogens with one attached hydrogen (secondary N) is 1. The van der Waals surface area contributed by atoms with E-state index in [0.29, 0.717) is 12.3 Å².